The molecule has 0 saturated heterocycles. The Morgan fingerprint density at radius 1 is 1.22 bits per heavy atom. The van der Waals surface area contributed by atoms with Crippen LogP contribution in [0.3, 0.4) is 0 Å². The van der Waals surface area contributed by atoms with Crippen molar-refractivity contribution in [1.29, 1.82) is 0 Å². The van der Waals surface area contributed by atoms with E-state index < -0.39 is 0 Å². The van der Waals surface area contributed by atoms with Gasteiger partial charge in [0.05, 0.1) is 5.52 Å². The average molecular weight is 244 g/mol. The second-order valence-corrected chi connectivity index (χ2v) is 5.53. The van der Waals surface area contributed by atoms with Crippen molar-refractivity contribution in [2.24, 2.45) is 11.1 Å². The molecule has 0 spiro atoms. The Morgan fingerprint density at radius 2 is 2.00 bits per heavy atom. The number of fused-ring (bicyclic) bond motifs is 1. The summed E-state index contributed by atoms with van der Waals surface area (Å²) in [5, 5.41) is 1.03. The summed E-state index contributed by atoms with van der Waals surface area (Å²) >= 11 is 0. The molecule has 1 heterocycles. The fraction of sp³-hybridized carbons (Fsp3) is 0.400. The fourth-order valence-corrected chi connectivity index (χ4v) is 1.91. The van der Waals surface area contributed by atoms with Crippen LogP contribution >= 0.6 is 0 Å². The predicted octanol–water partition coefficient (Wildman–Crippen LogP) is 2.99. The lowest BCUT2D eigenvalue weighted by Gasteiger charge is -2.30. The van der Waals surface area contributed by atoms with Gasteiger partial charge in [-0.05, 0) is 24.3 Å². The quantitative estimate of drug-likeness (QED) is 0.903. The normalized spacial score (nSPS) is 13.6. The van der Waals surface area contributed by atoms with Crippen molar-refractivity contribution < 1.29 is 4.74 Å². The van der Waals surface area contributed by atoms with Crippen LogP contribution in [-0.4, -0.2) is 17.6 Å². The molecule has 1 aromatic heterocycles. The van der Waals surface area contributed by atoms with E-state index in [9.17, 15) is 0 Å². The molecule has 2 rings (SSSR count). The molecule has 3 heteroatoms. The zero-order valence-electron chi connectivity index (χ0n) is 11.2. The third-order valence-electron chi connectivity index (χ3n) is 3.05. The van der Waals surface area contributed by atoms with Crippen LogP contribution in [0.5, 0.6) is 5.75 Å². The van der Waals surface area contributed by atoms with Crippen molar-refractivity contribution in [2.75, 3.05) is 6.54 Å². The van der Waals surface area contributed by atoms with Gasteiger partial charge in [-0.3, -0.25) is 4.98 Å². The van der Waals surface area contributed by atoms with Crippen LogP contribution in [0.4, 0.5) is 0 Å². The summed E-state index contributed by atoms with van der Waals surface area (Å²) in [4.78, 5) is 4.33. The zero-order chi connectivity index (χ0) is 13.2. The van der Waals surface area contributed by atoms with Crippen molar-refractivity contribution in [3.05, 3.63) is 36.5 Å². The van der Waals surface area contributed by atoms with Gasteiger partial charge >= 0.3 is 0 Å². The molecule has 1 atom stereocenters. The third-order valence-corrected chi connectivity index (χ3v) is 3.05. The summed E-state index contributed by atoms with van der Waals surface area (Å²) in [6.45, 7) is 6.90. The Labute approximate surface area is 108 Å². The van der Waals surface area contributed by atoms with Gasteiger partial charge in [0.15, 0.2) is 0 Å². The van der Waals surface area contributed by atoms with Crippen LogP contribution in [0.15, 0.2) is 36.5 Å². The smallest absolute Gasteiger partial charge is 0.129 e. The number of benzene rings is 1. The highest BCUT2D eigenvalue weighted by Gasteiger charge is 2.25. The fourth-order valence-electron chi connectivity index (χ4n) is 1.91. The van der Waals surface area contributed by atoms with Crippen LogP contribution < -0.4 is 10.5 Å². The Bertz CT molecular complexity index is 526. The molecule has 1 aromatic carbocycles. The van der Waals surface area contributed by atoms with Crippen molar-refractivity contribution >= 4 is 10.9 Å². The SMILES string of the molecule is CC(C)(C)C(CN)Oc1cccc2ncccc12. The van der Waals surface area contributed by atoms with Crippen LogP contribution in [0.1, 0.15) is 20.8 Å². The molecule has 2 aromatic rings. The summed E-state index contributed by atoms with van der Waals surface area (Å²) in [6, 6.07) is 9.85. The minimum Gasteiger partial charge on any atom is -0.488 e. The minimum atomic E-state index is -0.0108. The van der Waals surface area contributed by atoms with E-state index >= 15 is 0 Å². The van der Waals surface area contributed by atoms with E-state index in [1.165, 1.54) is 0 Å². The first-order valence-electron chi connectivity index (χ1n) is 6.23. The first-order chi connectivity index (χ1) is 8.52. The highest BCUT2D eigenvalue weighted by molar-refractivity contribution is 5.84. The molecule has 96 valence electrons. The molecule has 1 unspecified atom stereocenters. The van der Waals surface area contributed by atoms with E-state index in [0.29, 0.717) is 6.54 Å². The number of hydrogen-bond donors (Lipinski definition) is 1. The topological polar surface area (TPSA) is 48.1 Å². The second kappa shape index (κ2) is 4.94. The molecule has 0 bridgehead atoms. The van der Waals surface area contributed by atoms with Gasteiger partial charge in [0.25, 0.3) is 0 Å². The van der Waals surface area contributed by atoms with E-state index in [1.54, 1.807) is 6.20 Å². The van der Waals surface area contributed by atoms with E-state index in [2.05, 4.69) is 25.8 Å². The summed E-state index contributed by atoms with van der Waals surface area (Å²) < 4.78 is 6.08. The van der Waals surface area contributed by atoms with E-state index in [-0.39, 0.29) is 11.5 Å². The second-order valence-electron chi connectivity index (χ2n) is 5.53. The molecule has 18 heavy (non-hydrogen) atoms. The van der Waals surface area contributed by atoms with Crippen LogP contribution in [0, 0.1) is 5.41 Å². The monoisotopic (exact) mass is 244 g/mol. The number of rotatable bonds is 3. The van der Waals surface area contributed by atoms with Gasteiger partial charge in [-0.25, -0.2) is 0 Å². The Hall–Kier alpha value is -1.61. The summed E-state index contributed by atoms with van der Waals surface area (Å²) in [5.74, 6) is 0.853. The molecule has 0 saturated carbocycles. The number of hydrogen-bond acceptors (Lipinski definition) is 3. The van der Waals surface area contributed by atoms with E-state index in [0.717, 1.165) is 16.7 Å². The summed E-state index contributed by atoms with van der Waals surface area (Å²) in [6.07, 6.45) is 1.78. The Balaban J connectivity index is 2.37. The molecule has 0 amide bonds. The number of aromatic nitrogens is 1. The Morgan fingerprint density at radius 3 is 2.67 bits per heavy atom. The lowest BCUT2D eigenvalue weighted by Crippen LogP contribution is -2.38. The van der Waals surface area contributed by atoms with Crippen molar-refractivity contribution in [3.8, 4) is 5.75 Å². The van der Waals surface area contributed by atoms with Crippen molar-refractivity contribution in [2.45, 2.75) is 26.9 Å². The Kier molecular flexibility index (Phi) is 3.53. The summed E-state index contributed by atoms with van der Waals surface area (Å²) in [5.41, 5.74) is 6.77. The van der Waals surface area contributed by atoms with Gasteiger partial charge in [-0.15, -0.1) is 0 Å². The van der Waals surface area contributed by atoms with E-state index in [1.807, 2.05) is 30.3 Å². The molecule has 0 aliphatic carbocycles. The molecule has 0 fully saturated rings. The number of ether oxygens (including phenoxy) is 1. The zero-order valence-corrected chi connectivity index (χ0v) is 11.2. The molecular formula is C15H20N2O. The average Bonchev–Trinajstić information content (AvgIpc) is 2.34. The van der Waals surface area contributed by atoms with Gasteiger partial charge in [0.1, 0.15) is 11.9 Å². The molecule has 0 aliphatic rings. The van der Waals surface area contributed by atoms with Crippen LogP contribution in [0.2, 0.25) is 0 Å². The molecule has 3 nitrogen and oxygen atoms in total. The van der Waals surface area contributed by atoms with Gasteiger partial charge in [0.2, 0.25) is 0 Å². The summed E-state index contributed by atoms with van der Waals surface area (Å²) in [7, 11) is 0. The van der Waals surface area contributed by atoms with Crippen LogP contribution in [0.25, 0.3) is 10.9 Å². The molecule has 0 radical (unpaired) electrons. The minimum absolute atomic E-state index is 0.0108. The molecular weight excluding hydrogens is 224 g/mol. The maximum atomic E-state index is 6.08. The van der Waals surface area contributed by atoms with Gasteiger partial charge in [-0.1, -0.05) is 26.8 Å². The van der Waals surface area contributed by atoms with E-state index in [4.69, 9.17) is 10.5 Å². The standard InChI is InChI=1S/C15H20N2O/c1-15(2,3)14(10-16)18-13-8-4-7-12-11(13)6-5-9-17-12/h4-9,14H,10,16H2,1-3H3. The maximum absolute atomic E-state index is 6.08. The highest BCUT2D eigenvalue weighted by Crippen LogP contribution is 2.29. The van der Waals surface area contributed by atoms with Crippen LogP contribution in [-0.2, 0) is 0 Å². The first-order valence-corrected chi connectivity index (χ1v) is 6.23. The molecule has 0 aliphatic heterocycles. The number of nitrogens with zero attached hydrogens (tertiary/aromatic N) is 1. The lowest BCUT2D eigenvalue weighted by atomic mass is 9.89. The van der Waals surface area contributed by atoms with Crippen molar-refractivity contribution in [1.82, 2.24) is 4.98 Å². The third kappa shape index (κ3) is 2.62. The number of nitrogens with two attached hydrogens (primary N) is 1. The lowest BCUT2D eigenvalue weighted by molar-refractivity contribution is 0.0957. The van der Waals surface area contributed by atoms with Gasteiger partial charge in [0, 0.05) is 23.5 Å². The highest BCUT2D eigenvalue weighted by atomic mass is 16.5. The van der Waals surface area contributed by atoms with Gasteiger partial charge in [-0.2, -0.15) is 0 Å². The van der Waals surface area contributed by atoms with Crippen molar-refractivity contribution in [3.63, 3.8) is 0 Å². The maximum Gasteiger partial charge on any atom is 0.129 e. The number of pyridine rings is 1. The predicted molar refractivity (Wildman–Crippen MR) is 74.7 cm³/mol. The van der Waals surface area contributed by atoms with Gasteiger partial charge < -0.3 is 10.5 Å². The molecule has 2 N–H and O–H groups in total. The largest absolute Gasteiger partial charge is 0.488 e. The first kappa shape index (κ1) is 12.8.